The van der Waals surface area contributed by atoms with Crippen molar-refractivity contribution in [1.29, 1.82) is 5.26 Å². The van der Waals surface area contributed by atoms with Gasteiger partial charge in [0.15, 0.2) is 5.76 Å². The molecule has 0 fully saturated rings. The van der Waals surface area contributed by atoms with Gasteiger partial charge < -0.3 is 8.94 Å². The molecule has 7 nitrogen and oxygen atoms in total. The van der Waals surface area contributed by atoms with Gasteiger partial charge in [-0.1, -0.05) is 5.16 Å². The van der Waals surface area contributed by atoms with Gasteiger partial charge in [0.2, 0.25) is 5.76 Å². The Kier molecular flexibility index (Phi) is 2.39. The van der Waals surface area contributed by atoms with E-state index < -0.39 is 0 Å². The quantitative estimate of drug-likeness (QED) is 0.688. The number of rotatable bonds is 3. The van der Waals surface area contributed by atoms with Gasteiger partial charge in [0.25, 0.3) is 5.82 Å². The third kappa shape index (κ3) is 1.87. The Morgan fingerprint density at radius 3 is 3.06 bits per heavy atom. The van der Waals surface area contributed by atoms with Crippen molar-refractivity contribution in [3.63, 3.8) is 0 Å². The molecule has 7 heteroatoms. The maximum Gasteiger partial charge on any atom is 0.252 e. The van der Waals surface area contributed by atoms with Crippen molar-refractivity contribution in [1.82, 2.24) is 19.9 Å². The van der Waals surface area contributed by atoms with E-state index in [0.717, 1.165) is 0 Å². The van der Waals surface area contributed by atoms with E-state index >= 15 is 0 Å². The molecule has 3 heterocycles. The highest BCUT2D eigenvalue weighted by atomic mass is 16.5. The van der Waals surface area contributed by atoms with E-state index in [1.165, 1.54) is 11.0 Å². The summed E-state index contributed by atoms with van der Waals surface area (Å²) in [4.78, 5) is 3.80. The van der Waals surface area contributed by atoms with E-state index in [2.05, 4.69) is 15.2 Å². The van der Waals surface area contributed by atoms with Crippen molar-refractivity contribution in [2.24, 2.45) is 0 Å². The van der Waals surface area contributed by atoms with Crippen LogP contribution in [0.1, 0.15) is 11.5 Å². The van der Waals surface area contributed by atoms with Gasteiger partial charge in [0.05, 0.1) is 12.8 Å². The molecule has 0 saturated carbocycles. The summed E-state index contributed by atoms with van der Waals surface area (Å²) in [6, 6.07) is 7.17. The van der Waals surface area contributed by atoms with Crippen molar-refractivity contribution in [2.45, 2.75) is 6.54 Å². The van der Waals surface area contributed by atoms with E-state index in [-0.39, 0.29) is 5.82 Å². The first-order valence-corrected chi connectivity index (χ1v) is 5.14. The second-order valence-corrected chi connectivity index (χ2v) is 3.54. The number of hydrogen-bond donors (Lipinski definition) is 0. The minimum atomic E-state index is 0.129. The number of aromatic nitrogens is 4. The molecular weight excluding hydrogens is 234 g/mol. The fraction of sp³-hybridized carbons (Fsp3) is 0.0909. The summed E-state index contributed by atoms with van der Waals surface area (Å²) >= 11 is 0. The van der Waals surface area contributed by atoms with Gasteiger partial charge in [-0.3, -0.25) is 0 Å². The van der Waals surface area contributed by atoms with Gasteiger partial charge in [-0.05, 0) is 12.1 Å². The first kappa shape index (κ1) is 10.3. The smallest absolute Gasteiger partial charge is 0.252 e. The van der Waals surface area contributed by atoms with Gasteiger partial charge in [-0.15, -0.1) is 5.10 Å². The molecule has 0 aliphatic carbocycles. The zero-order chi connectivity index (χ0) is 12.4. The zero-order valence-electron chi connectivity index (χ0n) is 9.15. The lowest BCUT2D eigenvalue weighted by Gasteiger charge is -1.92. The number of nitriles is 1. The topological polar surface area (TPSA) is 93.7 Å². The minimum Gasteiger partial charge on any atom is -0.461 e. The van der Waals surface area contributed by atoms with Crippen LogP contribution in [0.4, 0.5) is 0 Å². The molecule has 0 atom stereocenters. The van der Waals surface area contributed by atoms with Gasteiger partial charge in [-0.2, -0.15) is 5.26 Å². The van der Waals surface area contributed by atoms with E-state index in [1.54, 1.807) is 24.5 Å². The van der Waals surface area contributed by atoms with Crippen molar-refractivity contribution in [2.75, 3.05) is 0 Å². The Labute approximate surface area is 101 Å². The maximum atomic E-state index is 8.61. The lowest BCUT2D eigenvalue weighted by molar-refractivity contribution is 0.407. The zero-order valence-corrected chi connectivity index (χ0v) is 9.15. The summed E-state index contributed by atoms with van der Waals surface area (Å²) in [5.41, 5.74) is 0.677. The van der Waals surface area contributed by atoms with Crippen LogP contribution in [-0.4, -0.2) is 19.9 Å². The van der Waals surface area contributed by atoms with Gasteiger partial charge >= 0.3 is 0 Å². The summed E-state index contributed by atoms with van der Waals surface area (Å²) in [5, 5.41) is 16.4. The lowest BCUT2D eigenvalue weighted by atomic mass is 10.3. The Balaban J connectivity index is 1.80. The molecule has 0 saturated heterocycles. The summed E-state index contributed by atoms with van der Waals surface area (Å²) in [6.07, 6.45) is 3.04. The van der Waals surface area contributed by atoms with Crippen LogP contribution in [0.25, 0.3) is 11.5 Å². The standard InChI is InChI=1S/C11H7N5O2/c12-5-11-13-7-16(14-11)6-8-4-10(18-15-8)9-2-1-3-17-9/h1-4,7H,6H2. The van der Waals surface area contributed by atoms with Crippen LogP contribution in [0.2, 0.25) is 0 Å². The second-order valence-electron chi connectivity index (χ2n) is 3.54. The van der Waals surface area contributed by atoms with Crippen LogP contribution in [0.5, 0.6) is 0 Å². The molecule has 0 aromatic carbocycles. The van der Waals surface area contributed by atoms with Crippen molar-refractivity contribution in [3.05, 3.63) is 42.3 Å². The molecule has 3 aromatic rings. The Morgan fingerprint density at radius 2 is 2.33 bits per heavy atom. The molecule has 3 aromatic heterocycles. The summed E-state index contributed by atoms with van der Waals surface area (Å²) in [7, 11) is 0. The molecule has 0 aliphatic heterocycles. The molecule has 3 rings (SSSR count). The molecule has 0 spiro atoms. The second kappa shape index (κ2) is 4.18. The molecular formula is C11H7N5O2. The van der Waals surface area contributed by atoms with Crippen molar-refractivity contribution in [3.8, 4) is 17.6 Å². The van der Waals surface area contributed by atoms with E-state index in [0.29, 0.717) is 23.8 Å². The van der Waals surface area contributed by atoms with Crippen LogP contribution in [0.3, 0.4) is 0 Å². The normalized spacial score (nSPS) is 10.4. The van der Waals surface area contributed by atoms with Crippen molar-refractivity contribution >= 4 is 0 Å². The van der Waals surface area contributed by atoms with E-state index in [9.17, 15) is 0 Å². The summed E-state index contributed by atoms with van der Waals surface area (Å²) in [5.74, 6) is 1.30. The fourth-order valence-corrected chi connectivity index (χ4v) is 1.51. The Hall–Kier alpha value is -2.88. The van der Waals surface area contributed by atoms with Crippen LogP contribution in [-0.2, 0) is 6.54 Å². The maximum absolute atomic E-state index is 8.61. The number of furan rings is 1. The van der Waals surface area contributed by atoms with Crippen LogP contribution in [0.15, 0.2) is 39.7 Å². The van der Waals surface area contributed by atoms with Crippen LogP contribution < -0.4 is 0 Å². The number of hydrogen-bond acceptors (Lipinski definition) is 6. The average Bonchev–Trinajstić information content (AvgIpc) is 3.10. The number of nitrogens with zero attached hydrogens (tertiary/aromatic N) is 5. The predicted octanol–water partition coefficient (Wildman–Crippen LogP) is 1.45. The summed E-state index contributed by atoms with van der Waals surface area (Å²) in [6.45, 7) is 0.388. The molecule has 0 radical (unpaired) electrons. The van der Waals surface area contributed by atoms with E-state index in [4.69, 9.17) is 14.2 Å². The largest absolute Gasteiger partial charge is 0.461 e. The highest BCUT2D eigenvalue weighted by molar-refractivity contribution is 5.49. The van der Waals surface area contributed by atoms with Crippen LogP contribution in [0, 0.1) is 11.3 Å². The lowest BCUT2D eigenvalue weighted by Crippen LogP contribution is -2.00. The SMILES string of the molecule is N#Cc1ncn(Cc2cc(-c3ccco3)on2)n1. The molecule has 88 valence electrons. The molecule has 0 bridgehead atoms. The molecule has 18 heavy (non-hydrogen) atoms. The monoisotopic (exact) mass is 241 g/mol. The first-order chi connectivity index (χ1) is 8.85. The van der Waals surface area contributed by atoms with Gasteiger partial charge in [0, 0.05) is 6.07 Å². The average molecular weight is 241 g/mol. The minimum absolute atomic E-state index is 0.129. The van der Waals surface area contributed by atoms with Gasteiger partial charge in [-0.25, -0.2) is 9.67 Å². The Morgan fingerprint density at radius 1 is 1.39 bits per heavy atom. The molecule has 0 unspecified atom stereocenters. The molecule has 0 N–H and O–H groups in total. The highest BCUT2D eigenvalue weighted by Gasteiger charge is 2.10. The third-order valence-corrected chi connectivity index (χ3v) is 2.28. The summed E-state index contributed by atoms with van der Waals surface area (Å²) < 4.78 is 11.9. The van der Waals surface area contributed by atoms with E-state index in [1.807, 2.05) is 6.07 Å². The molecule has 0 amide bonds. The Bertz CT molecular complexity index is 689. The van der Waals surface area contributed by atoms with Crippen molar-refractivity contribution < 1.29 is 8.94 Å². The molecule has 0 aliphatic rings. The highest BCUT2D eigenvalue weighted by Crippen LogP contribution is 2.20. The predicted molar refractivity (Wildman–Crippen MR) is 58.0 cm³/mol. The fourth-order valence-electron chi connectivity index (χ4n) is 1.51. The third-order valence-electron chi connectivity index (χ3n) is 2.28. The van der Waals surface area contributed by atoms with Crippen LogP contribution >= 0.6 is 0 Å². The first-order valence-electron chi connectivity index (χ1n) is 5.14. The van der Waals surface area contributed by atoms with Gasteiger partial charge in [0.1, 0.15) is 18.1 Å².